The molecule has 2 N–H and O–H groups in total. The van der Waals surface area contributed by atoms with Crippen molar-refractivity contribution in [3.05, 3.63) is 58.8 Å². The minimum absolute atomic E-state index is 0.0361. The van der Waals surface area contributed by atoms with Crippen LogP contribution in [0, 0.1) is 0 Å². The van der Waals surface area contributed by atoms with Gasteiger partial charge < -0.3 is 15.1 Å². The molecule has 1 fully saturated rings. The number of hydrogen-bond acceptors (Lipinski definition) is 4. The number of hydrogen-bond donors (Lipinski definition) is 2. The maximum Gasteiger partial charge on any atom is 0.281 e. The minimum atomic E-state index is -0.233. The van der Waals surface area contributed by atoms with Crippen molar-refractivity contribution in [2.45, 2.75) is 19.3 Å². The topological polar surface area (TPSA) is 64.0 Å². The number of amides is 1. The summed E-state index contributed by atoms with van der Waals surface area (Å²) in [7, 11) is 1.73. The number of rotatable bonds is 2. The van der Waals surface area contributed by atoms with Crippen LogP contribution in [0.4, 0.5) is 5.69 Å². The number of aromatic hydroxyl groups is 2. The summed E-state index contributed by atoms with van der Waals surface area (Å²) in [5.41, 5.74) is 4.19. The number of anilines is 1. The lowest BCUT2D eigenvalue weighted by Crippen LogP contribution is -2.31. The molecule has 0 aromatic heterocycles. The summed E-state index contributed by atoms with van der Waals surface area (Å²) in [4.78, 5) is 16.2. The van der Waals surface area contributed by atoms with Crippen LogP contribution in [0.2, 0.25) is 0 Å². The first-order valence-electron chi connectivity index (χ1n) is 8.43. The van der Waals surface area contributed by atoms with Crippen molar-refractivity contribution in [3.63, 3.8) is 0 Å². The lowest BCUT2D eigenvalue weighted by atomic mass is 10.1. The molecule has 2 aromatic rings. The molecular weight excluding hydrogens is 348 g/mol. The number of thiocarbonyl (C=S) groups is 1. The van der Waals surface area contributed by atoms with Crippen LogP contribution >= 0.6 is 12.2 Å². The van der Waals surface area contributed by atoms with Crippen molar-refractivity contribution < 1.29 is 15.0 Å². The third kappa shape index (κ3) is 2.63. The molecule has 2 aliphatic rings. The molecule has 1 aliphatic heterocycles. The highest BCUT2D eigenvalue weighted by Crippen LogP contribution is 2.33. The molecule has 1 aliphatic carbocycles. The lowest BCUT2D eigenvalue weighted by molar-refractivity contribution is -0.114. The number of nitrogens with zero attached hydrogens (tertiary/aromatic N) is 2. The third-order valence-corrected chi connectivity index (χ3v) is 5.36. The lowest BCUT2D eigenvalue weighted by Gasteiger charge is -2.17. The summed E-state index contributed by atoms with van der Waals surface area (Å²) in [5.74, 6) is -0.366. The van der Waals surface area contributed by atoms with Crippen LogP contribution in [-0.2, 0) is 17.6 Å². The van der Waals surface area contributed by atoms with Crippen LogP contribution in [0.3, 0.4) is 0 Å². The van der Waals surface area contributed by atoms with Crippen molar-refractivity contribution in [1.29, 1.82) is 0 Å². The van der Waals surface area contributed by atoms with E-state index in [1.54, 1.807) is 24.1 Å². The number of fused-ring (bicyclic) bond motifs is 1. The summed E-state index contributed by atoms with van der Waals surface area (Å²) in [6.45, 7) is 0. The van der Waals surface area contributed by atoms with Crippen molar-refractivity contribution in [2.24, 2.45) is 0 Å². The SMILES string of the molecule is CN1C(=S)N(c2ccc3c(c2)CCC3)C(=O)/C1=C\c1ccc(O)cc1O. The Hall–Kier alpha value is -2.86. The fourth-order valence-electron chi connectivity index (χ4n) is 3.48. The number of phenols is 2. The molecule has 0 bridgehead atoms. The third-order valence-electron chi connectivity index (χ3n) is 4.91. The normalized spacial score (nSPS) is 18.1. The maximum absolute atomic E-state index is 13.0. The summed E-state index contributed by atoms with van der Waals surface area (Å²) < 4.78 is 0. The van der Waals surface area contributed by atoms with Gasteiger partial charge in [-0.3, -0.25) is 9.69 Å². The number of phenolic OH excluding ortho intramolecular Hbond substituents is 2. The highest BCUT2D eigenvalue weighted by molar-refractivity contribution is 7.80. The summed E-state index contributed by atoms with van der Waals surface area (Å²) >= 11 is 5.48. The van der Waals surface area contributed by atoms with Gasteiger partial charge in [-0.25, -0.2) is 0 Å². The number of likely N-dealkylation sites (N-methyl/N-ethyl adjacent to an activating group) is 1. The Balaban J connectivity index is 1.72. The number of carbonyl (C=O) groups excluding carboxylic acids is 1. The predicted octanol–water partition coefficient (Wildman–Crippen LogP) is 3.19. The van der Waals surface area contributed by atoms with Gasteiger partial charge in [0.05, 0.1) is 5.69 Å². The Kier molecular flexibility index (Phi) is 3.92. The summed E-state index contributed by atoms with van der Waals surface area (Å²) in [6, 6.07) is 10.3. The van der Waals surface area contributed by atoms with E-state index in [0.717, 1.165) is 24.9 Å². The number of aryl methyl sites for hydroxylation is 2. The molecule has 26 heavy (non-hydrogen) atoms. The second kappa shape index (κ2) is 6.14. The molecule has 1 amide bonds. The van der Waals surface area contributed by atoms with E-state index in [4.69, 9.17) is 12.2 Å². The first-order valence-corrected chi connectivity index (χ1v) is 8.84. The van der Waals surface area contributed by atoms with Gasteiger partial charge in [-0.05, 0) is 72.9 Å². The fraction of sp³-hybridized carbons (Fsp3) is 0.200. The van der Waals surface area contributed by atoms with Gasteiger partial charge in [0.2, 0.25) is 0 Å². The van der Waals surface area contributed by atoms with Gasteiger partial charge in [0.25, 0.3) is 5.91 Å². The van der Waals surface area contributed by atoms with Gasteiger partial charge >= 0.3 is 0 Å². The van der Waals surface area contributed by atoms with Crippen LogP contribution in [0.15, 0.2) is 42.1 Å². The zero-order chi connectivity index (χ0) is 18.4. The monoisotopic (exact) mass is 366 g/mol. The molecule has 6 heteroatoms. The number of carbonyl (C=O) groups is 1. The van der Waals surface area contributed by atoms with Crippen molar-refractivity contribution >= 4 is 35.0 Å². The van der Waals surface area contributed by atoms with Gasteiger partial charge in [-0.2, -0.15) is 0 Å². The molecule has 2 aromatic carbocycles. The van der Waals surface area contributed by atoms with E-state index in [0.29, 0.717) is 16.4 Å². The predicted molar refractivity (Wildman–Crippen MR) is 104 cm³/mol. The Morgan fingerprint density at radius 2 is 1.85 bits per heavy atom. The standard InChI is InChI=1S/C20H18N2O3S/c1-21-17(10-14-6-8-16(23)11-18(14)24)19(25)22(20(21)26)15-7-5-12-3-2-4-13(12)9-15/h5-11,23-24H,2-4H2,1H3/b17-10+. The molecule has 0 unspecified atom stereocenters. The van der Waals surface area contributed by atoms with E-state index in [-0.39, 0.29) is 17.4 Å². The summed E-state index contributed by atoms with van der Waals surface area (Å²) in [5, 5.41) is 19.8. The van der Waals surface area contributed by atoms with Crippen LogP contribution in [0.25, 0.3) is 6.08 Å². The van der Waals surface area contributed by atoms with Crippen LogP contribution in [-0.4, -0.2) is 33.2 Å². The van der Waals surface area contributed by atoms with E-state index in [2.05, 4.69) is 6.07 Å². The zero-order valence-electron chi connectivity index (χ0n) is 14.3. The van der Waals surface area contributed by atoms with E-state index < -0.39 is 0 Å². The second-order valence-corrected chi connectivity index (χ2v) is 6.93. The van der Waals surface area contributed by atoms with Crippen LogP contribution < -0.4 is 4.90 Å². The van der Waals surface area contributed by atoms with E-state index in [1.807, 2.05) is 12.1 Å². The van der Waals surface area contributed by atoms with Crippen LogP contribution in [0.5, 0.6) is 11.5 Å². The Morgan fingerprint density at radius 3 is 2.62 bits per heavy atom. The smallest absolute Gasteiger partial charge is 0.281 e. The Morgan fingerprint density at radius 1 is 1.08 bits per heavy atom. The molecule has 132 valence electrons. The second-order valence-electron chi connectivity index (χ2n) is 6.56. The first-order chi connectivity index (χ1) is 12.5. The number of benzene rings is 2. The summed E-state index contributed by atoms with van der Waals surface area (Å²) in [6.07, 6.45) is 4.83. The van der Waals surface area contributed by atoms with Gasteiger partial charge in [0, 0.05) is 18.7 Å². The van der Waals surface area contributed by atoms with E-state index in [9.17, 15) is 15.0 Å². The fourth-order valence-corrected chi connectivity index (χ4v) is 3.77. The van der Waals surface area contributed by atoms with Gasteiger partial charge in [-0.15, -0.1) is 0 Å². The van der Waals surface area contributed by atoms with Crippen LogP contribution in [0.1, 0.15) is 23.1 Å². The highest BCUT2D eigenvalue weighted by Gasteiger charge is 2.37. The molecule has 1 heterocycles. The molecule has 5 nitrogen and oxygen atoms in total. The zero-order valence-corrected chi connectivity index (χ0v) is 15.1. The minimum Gasteiger partial charge on any atom is -0.508 e. The van der Waals surface area contributed by atoms with Crippen molar-refractivity contribution in [3.8, 4) is 11.5 Å². The Bertz CT molecular complexity index is 968. The molecule has 4 rings (SSSR count). The van der Waals surface area contributed by atoms with E-state index in [1.165, 1.54) is 28.2 Å². The van der Waals surface area contributed by atoms with E-state index >= 15 is 0 Å². The molecule has 0 atom stereocenters. The van der Waals surface area contributed by atoms with Gasteiger partial charge in [0.1, 0.15) is 17.2 Å². The van der Waals surface area contributed by atoms with Gasteiger partial charge in [-0.1, -0.05) is 6.07 Å². The molecule has 0 radical (unpaired) electrons. The quantitative estimate of drug-likeness (QED) is 0.631. The molecule has 1 saturated heterocycles. The Labute approximate surface area is 156 Å². The molecular formula is C20H18N2O3S. The molecule has 0 spiro atoms. The maximum atomic E-state index is 13.0. The van der Waals surface area contributed by atoms with Crippen molar-refractivity contribution in [2.75, 3.05) is 11.9 Å². The highest BCUT2D eigenvalue weighted by atomic mass is 32.1. The molecule has 0 saturated carbocycles. The van der Waals surface area contributed by atoms with Gasteiger partial charge in [0.15, 0.2) is 5.11 Å². The van der Waals surface area contributed by atoms with Crippen molar-refractivity contribution in [1.82, 2.24) is 4.90 Å². The average Bonchev–Trinajstić information content (AvgIpc) is 3.15. The average molecular weight is 366 g/mol. The first kappa shape index (κ1) is 16.6. The largest absolute Gasteiger partial charge is 0.508 e.